The number of Topliss-reactive ketones (excluding diaryl/α,β-unsaturated/α-hetero) is 1. The average molecular weight is 381 g/mol. The molecule has 0 bridgehead atoms. The monoisotopic (exact) mass is 381 g/mol. The molecule has 3 aromatic rings. The van der Waals surface area contributed by atoms with Gasteiger partial charge in [-0.05, 0) is 44.5 Å². The van der Waals surface area contributed by atoms with Crippen LogP contribution < -0.4 is 5.32 Å². The van der Waals surface area contributed by atoms with Gasteiger partial charge in [0.25, 0.3) is 5.22 Å². The molecule has 0 fully saturated rings. The second-order valence-electron chi connectivity index (χ2n) is 6.07. The molecule has 2 aromatic carbocycles. The van der Waals surface area contributed by atoms with Gasteiger partial charge < -0.3 is 9.73 Å². The number of hydrogen-bond acceptors (Lipinski definition) is 6. The molecule has 0 aliphatic heterocycles. The first-order valence-corrected chi connectivity index (χ1v) is 9.30. The van der Waals surface area contributed by atoms with Crippen molar-refractivity contribution in [1.29, 1.82) is 0 Å². The quantitative estimate of drug-likeness (QED) is 0.504. The summed E-state index contributed by atoms with van der Waals surface area (Å²) in [7, 11) is 0. The van der Waals surface area contributed by atoms with Crippen LogP contribution >= 0.6 is 11.8 Å². The van der Waals surface area contributed by atoms with Gasteiger partial charge in [-0.25, -0.2) is 0 Å². The summed E-state index contributed by atoms with van der Waals surface area (Å²) in [6, 6.07) is 14.6. The van der Waals surface area contributed by atoms with Gasteiger partial charge in [0, 0.05) is 16.8 Å². The summed E-state index contributed by atoms with van der Waals surface area (Å²) in [6.45, 7) is 5.21. The van der Waals surface area contributed by atoms with E-state index >= 15 is 0 Å². The number of ketones is 1. The number of rotatable bonds is 6. The fourth-order valence-corrected chi connectivity index (χ4v) is 3.13. The predicted octanol–water partition coefficient (Wildman–Crippen LogP) is 4.37. The predicted molar refractivity (Wildman–Crippen MR) is 105 cm³/mol. The molecule has 1 heterocycles. The Labute approximate surface area is 161 Å². The van der Waals surface area contributed by atoms with Gasteiger partial charge in [0.2, 0.25) is 11.8 Å². The van der Waals surface area contributed by atoms with Crippen LogP contribution in [0.5, 0.6) is 0 Å². The topological polar surface area (TPSA) is 85.1 Å². The number of anilines is 1. The third-order valence-corrected chi connectivity index (χ3v) is 4.90. The van der Waals surface area contributed by atoms with Crippen molar-refractivity contribution in [2.45, 2.75) is 31.2 Å². The molecule has 138 valence electrons. The maximum absolute atomic E-state index is 12.4. The van der Waals surface area contributed by atoms with Crippen molar-refractivity contribution in [2.24, 2.45) is 0 Å². The fraction of sp³-hybridized carbons (Fsp3) is 0.200. The summed E-state index contributed by atoms with van der Waals surface area (Å²) in [4.78, 5) is 23.9. The zero-order valence-electron chi connectivity index (χ0n) is 15.2. The van der Waals surface area contributed by atoms with Crippen molar-refractivity contribution in [2.75, 3.05) is 5.32 Å². The largest absolute Gasteiger partial charge is 0.411 e. The summed E-state index contributed by atoms with van der Waals surface area (Å²) in [5.74, 6) is 0.164. The van der Waals surface area contributed by atoms with E-state index in [9.17, 15) is 9.59 Å². The lowest BCUT2D eigenvalue weighted by Crippen LogP contribution is -2.22. The molecule has 7 heteroatoms. The van der Waals surface area contributed by atoms with Crippen LogP contribution in [0.4, 0.5) is 5.69 Å². The Hall–Kier alpha value is -2.93. The van der Waals surface area contributed by atoms with E-state index in [1.54, 1.807) is 31.2 Å². The third-order valence-electron chi connectivity index (χ3n) is 3.97. The van der Waals surface area contributed by atoms with E-state index in [4.69, 9.17) is 4.42 Å². The first kappa shape index (κ1) is 18.8. The van der Waals surface area contributed by atoms with E-state index in [1.807, 2.05) is 31.2 Å². The lowest BCUT2D eigenvalue weighted by Gasteiger charge is -2.10. The van der Waals surface area contributed by atoms with Gasteiger partial charge in [-0.15, -0.1) is 10.2 Å². The number of nitrogens with zero attached hydrogens (tertiary/aromatic N) is 2. The molecule has 0 aliphatic carbocycles. The summed E-state index contributed by atoms with van der Waals surface area (Å²) in [6.07, 6.45) is 0. The maximum atomic E-state index is 12.4. The SMILES string of the molecule is CC(=O)c1cccc(NC(=O)C(C)Sc2nnc(-c3ccccc3C)o2)c1. The Kier molecular flexibility index (Phi) is 5.71. The molecule has 0 saturated heterocycles. The number of nitrogens with one attached hydrogen (secondary N) is 1. The zero-order chi connectivity index (χ0) is 19.4. The Balaban J connectivity index is 1.66. The van der Waals surface area contributed by atoms with Crippen LogP contribution in [0.1, 0.15) is 29.8 Å². The molecule has 0 radical (unpaired) electrons. The minimum Gasteiger partial charge on any atom is -0.411 e. The van der Waals surface area contributed by atoms with Crippen molar-refractivity contribution >= 4 is 29.1 Å². The van der Waals surface area contributed by atoms with Gasteiger partial charge in [-0.2, -0.15) is 0 Å². The van der Waals surface area contributed by atoms with E-state index in [1.165, 1.54) is 18.7 Å². The molecule has 1 atom stereocenters. The van der Waals surface area contributed by atoms with Crippen LogP contribution in [0, 0.1) is 6.92 Å². The molecule has 0 spiro atoms. The second kappa shape index (κ2) is 8.18. The summed E-state index contributed by atoms with van der Waals surface area (Å²) >= 11 is 1.18. The first-order valence-electron chi connectivity index (χ1n) is 8.42. The highest BCUT2D eigenvalue weighted by Crippen LogP contribution is 2.28. The Morgan fingerprint density at radius 1 is 1.11 bits per heavy atom. The highest BCUT2D eigenvalue weighted by molar-refractivity contribution is 8.00. The van der Waals surface area contributed by atoms with E-state index in [0.29, 0.717) is 22.4 Å². The van der Waals surface area contributed by atoms with Crippen molar-refractivity contribution in [3.05, 3.63) is 59.7 Å². The van der Waals surface area contributed by atoms with Crippen LogP contribution in [0.15, 0.2) is 58.2 Å². The van der Waals surface area contributed by atoms with Gasteiger partial charge in [0.15, 0.2) is 5.78 Å². The molecule has 1 N–H and O–H groups in total. The standard InChI is InChI=1S/C20H19N3O3S/c1-12-7-4-5-10-17(12)19-22-23-20(26-19)27-14(3)18(25)21-16-9-6-8-15(11-16)13(2)24/h4-11,14H,1-3H3,(H,21,25). The Bertz CT molecular complexity index is 984. The number of amides is 1. The molecule has 0 saturated carbocycles. The van der Waals surface area contributed by atoms with Crippen LogP contribution in [0.3, 0.4) is 0 Å². The zero-order valence-corrected chi connectivity index (χ0v) is 16.0. The number of aryl methyl sites for hydroxylation is 1. The molecule has 1 unspecified atom stereocenters. The van der Waals surface area contributed by atoms with Gasteiger partial charge in [-0.1, -0.05) is 42.1 Å². The summed E-state index contributed by atoms with van der Waals surface area (Å²) < 4.78 is 5.69. The molecule has 1 aromatic heterocycles. The fourth-order valence-electron chi connectivity index (χ4n) is 2.44. The molecule has 6 nitrogen and oxygen atoms in total. The van der Waals surface area contributed by atoms with Crippen molar-refractivity contribution in [3.8, 4) is 11.5 Å². The molecular weight excluding hydrogens is 362 g/mol. The average Bonchev–Trinajstić information content (AvgIpc) is 3.10. The van der Waals surface area contributed by atoms with E-state index in [2.05, 4.69) is 15.5 Å². The molecular formula is C20H19N3O3S. The molecule has 1 amide bonds. The lowest BCUT2D eigenvalue weighted by molar-refractivity contribution is -0.115. The highest BCUT2D eigenvalue weighted by atomic mass is 32.2. The van der Waals surface area contributed by atoms with E-state index in [-0.39, 0.29) is 11.7 Å². The van der Waals surface area contributed by atoms with E-state index in [0.717, 1.165) is 11.1 Å². The molecule has 3 rings (SSSR count). The van der Waals surface area contributed by atoms with Gasteiger partial charge in [-0.3, -0.25) is 9.59 Å². The number of benzene rings is 2. The van der Waals surface area contributed by atoms with Crippen molar-refractivity contribution in [3.63, 3.8) is 0 Å². The first-order chi connectivity index (χ1) is 12.9. The summed E-state index contributed by atoms with van der Waals surface area (Å²) in [5, 5.41) is 10.8. The summed E-state index contributed by atoms with van der Waals surface area (Å²) in [5.41, 5.74) is 3.03. The van der Waals surface area contributed by atoms with Gasteiger partial charge in [0.1, 0.15) is 0 Å². The van der Waals surface area contributed by atoms with E-state index < -0.39 is 5.25 Å². The van der Waals surface area contributed by atoms with Crippen LogP contribution in [0.25, 0.3) is 11.5 Å². The minimum absolute atomic E-state index is 0.0527. The number of aromatic nitrogens is 2. The lowest BCUT2D eigenvalue weighted by atomic mass is 10.1. The van der Waals surface area contributed by atoms with Crippen LogP contribution in [-0.2, 0) is 4.79 Å². The van der Waals surface area contributed by atoms with Gasteiger partial charge >= 0.3 is 0 Å². The Morgan fingerprint density at radius 3 is 2.63 bits per heavy atom. The maximum Gasteiger partial charge on any atom is 0.277 e. The van der Waals surface area contributed by atoms with Crippen molar-refractivity contribution in [1.82, 2.24) is 10.2 Å². The Morgan fingerprint density at radius 2 is 1.89 bits per heavy atom. The molecule has 27 heavy (non-hydrogen) atoms. The van der Waals surface area contributed by atoms with Crippen LogP contribution in [-0.4, -0.2) is 27.1 Å². The smallest absolute Gasteiger partial charge is 0.277 e. The number of carbonyl (C=O) groups is 2. The van der Waals surface area contributed by atoms with Crippen LogP contribution in [0.2, 0.25) is 0 Å². The molecule has 0 aliphatic rings. The van der Waals surface area contributed by atoms with Crippen molar-refractivity contribution < 1.29 is 14.0 Å². The number of hydrogen-bond donors (Lipinski definition) is 1. The third kappa shape index (κ3) is 4.62. The minimum atomic E-state index is -0.448. The van der Waals surface area contributed by atoms with Gasteiger partial charge in [0.05, 0.1) is 5.25 Å². The second-order valence-corrected chi connectivity index (χ2v) is 7.37. The highest BCUT2D eigenvalue weighted by Gasteiger charge is 2.19. The normalized spacial score (nSPS) is 11.8. The number of carbonyl (C=O) groups excluding carboxylic acids is 2. The number of thioether (sulfide) groups is 1.